The Balaban J connectivity index is 2.79. The number of nitrogens with zero attached hydrogens (tertiary/aromatic N) is 2. The third-order valence-electron chi connectivity index (χ3n) is 3.48. The lowest BCUT2D eigenvalue weighted by molar-refractivity contribution is -0.187. The highest BCUT2D eigenvalue weighted by Gasteiger charge is 2.48. The molecule has 0 N–H and O–H groups in total. The van der Waals surface area contributed by atoms with Crippen LogP contribution in [-0.4, -0.2) is 80.9 Å². The molecule has 1 rings (SSSR count). The summed E-state index contributed by atoms with van der Waals surface area (Å²) in [6.07, 6.45) is -4.36. The summed E-state index contributed by atoms with van der Waals surface area (Å²) < 4.78 is 47.6. The number of carbonyl (C=O) groups is 2. The number of carbonyl (C=O) groups excluding carboxylic acids is 2. The predicted molar refractivity (Wildman–Crippen MR) is 71.1 cm³/mol. The minimum Gasteiger partial charge on any atom is -0.383 e. The van der Waals surface area contributed by atoms with E-state index >= 15 is 0 Å². The molecular formula is C13H21F3N2O4. The summed E-state index contributed by atoms with van der Waals surface area (Å²) in [4.78, 5) is 25.9. The van der Waals surface area contributed by atoms with E-state index in [0.29, 0.717) is 11.3 Å². The minimum absolute atomic E-state index is 0.0584. The normalized spacial score (nSPS) is 18.6. The van der Waals surface area contributed by atoms with Crippen molar-refractivity contribution in [3.63, 3.8) is 0 Å². The monoisotopic (exact) mass is 326 g/mol. The molecule has 0 bridgehead atoms. The first kappa shape index (κ1) is 18.7. The van der Waals surface area contributed by atoms with Gasteiger partial charge in [-0.3, -0.25) is 9.59 Å². The first-order valence-corrected chi connectivity index (χ1v) is 6.97. The fourth-order valence-corrected chi connectivity index (χ4v) is 2.38. The Hall–Kier alpha value is -1.35. The summed E-state index contributed by atoms with van der Waals surface area (Å²) in [5, 5.41) is 0. The summed E-state index contributed by atoms with van der Waals surface area (Å²) in [5.74, 6) is -2.45. The number of amides is 2. The molecule has 9 heteroatoms. The topological polar surface area (TPSA) is 59.1 Å². The van der Waals surface area contributed by atoms with Crippen molar-refractivity contribution in [3.05, 3.63) is 0 Å². The van der Waals surface area contributed by atoms with Crippen molar-refractivity contribution in [3.8, 4) is 0 Å². The van der Waals surface area contributed by atoms with Gasteiger partial charge in [-0.15, -0.1) is 0 Å². The van der Waals surface area contributed by atoms with E-state index < -0.39 is 24.0 Å². The highest BCUT2D eigenvalue weighted by molar-refractivity contribution is 5.90. The largest absolute Gasteiger partial charge is 0.471 e. The average Bonchev–Trinajstić information content (AvgIpc) is 2.94. The molecule has 0 aliphatic carbocycles. The molecule has 0 aromatic rings. The Morgan fingerprint density at radius 2 is 1.73 bits per heavy atom. The standard InChI is InChI=1S/C13H21F3N2O4/c1-21-8-6-17(7-9-22-2)11(19)10-4-3-5-18(10)12(20)13(14,15)16/h10H,3-9H2,1-2H3. The van der Waals surface area contributed by atoms with Crippen molar-refractivity contribution < 1.29 is 32.2 Å². The van der Waals surface area contributed by atoms with Crippen LogP contribution in [0.5, 0.6) is 0 Å². The Labute approximate surface area is 127 Å². The van der Waals surface area contributed by atoms with E-state index in [2.05, 4.69) is 0 Å². The van der Waals surface area contributed by atoms with Crippen LogP contribution in [0.25, 0.3) is 0 Å². The highest BCUT2D eigenvalue weighted by Crippen LogP contribution is 2.26. The molecule has 1 atom stereocenters. The number of hydrogen-bond acceptors (Lipinski definition) is 4. The van der Waals surface area contributed by atoms with Crippen LogP contribution in [0.3, 0.4) is 0 Å². The smallest absolute Gasteiger partial charge is 0.383 e. The quantitative estimate of drug-likeness (QED) is 0.690. The van der Waals surface area contributed by atoms with Crippen molar-refractivity contribution in [2.75, 3.05) is 47.1 Å². The summed E-state index contributed by atoms with van der Waals surface area (Å²) in [7, 11) is 2.93. The van der Waals surface area contributed by atoms with Gasteiger partial charge in [0.05, 0.1) is 13.2 Å². The number of halogens is 3. The number of ether oxygens (including phenoxy) is 2. The van der Waals surface area contributed by atoms with E-state index in [9.17, 15) is 22.8 Å². The van der Waals surface area contributed by atoms with Gasteiger partial charge in [0.2, 0.25) is 5.91 Å². The lowest BCUT2D eigenvalue weighted by atomic mass is 10.2. The van der Waals surface area contributed by atoms with Crippen molar-refractivity contribution >= 4 is 11.8 Å². The van der Waals surface area contributed by atoms with Gasteiger partial charge in [0, 0.05) is 33.9 Å². The summed E-state index contributed by atoms with van der Waals surface area (Å²) >= 11 is 0. The molecule has 1 aliphatic rings. The Bertz CT molecular complexity index is 382. The maximum absolute atomic E-state index is 12.6. The molecule has 0 radical (unpaired) electrons. The SMILES string of the molecule is COCCN(CCOC)C(=O)C1CCCN1C(=O)C(F)(F)F. The molecule has 0 spiro atoms. The lowest BCUT2D eigenvalue weighted by Gasteiger charge is -2.30. The van der Waals surface area contributed by atoms with Crippen molar-refractivity contribution in [1.29, 1.82) is 0 Å². The number of alkyl halides is 3. The third-order valence-corrected chi connectivity index (χ3v) is 3.48. The second kappa shape index (κ2) is 8.33. The van der Waals surface area contributed by atoms with E-state index in [1.54, 1.807) is 0 Å². The molecule has 0 aromatic carbocycles. The maximum atomic E-state index is 12.6. The first-order valence-electron chi connectivity index (χ1n) is 6.97. The van der Waals surface area contributed by atoms with Crippen LogP contribution in [-0.2, 0) is 19.1 Å². The number of methoxy groups -OCH3 is 2. The fraction of sp³-hybridized carbons (Fsp3) is 0.846. The summed E-state index contributed by atoms with van der Waals surface area (Å²) in [5.41, 5.74) is 0. The molecule has 6 nitrogen and oxygen atoms in total. The van der Waals surface area contributed by atoms with E-state index in [-0.39, 0.29) is 39.3 Å². The zero-order valence-corrected chi connectivity index (χ0v) is 12.7. The number of likely N-dealkylation sites (tertiary alicyclic amines) is 1. The Morgan fingerprint density at radius 1 is 1.18 bits per heavy atom. The summed E-state index contributed by atoms with van der Waals surface area (Å²) in [6, 6.07) is -1.07. The van der Waals surface area contributed by atoms with E-state index in [4.69, 9.17) is 9.47 Å². The van der Waals surface area contributed by atoms with Gasteiger partial charge in [0.1, 0.15) is 6.04 Å². The van der Waals surface area contributed by atoms with Gasteiger partial charge in [-0.2, -0.15) is 13.2 Å². The molecule has 1 aliphatic heterocycles. The predicted octanol–water partition coefficient (Wildman–Crippen LogP) is 0.661. The molecule has 0 aromatic heterocycles. The van der Waals surface area contributed by atoms with Crippen molar-refractivity contribution in [2.24, 2.45) is 0 Å². The third kappa shape index (κ3) is 4.84. The van der Waals surface area contributed by atoms with E-state index in [1.807, 2.05) is 0 Å². The Kier molecular flexibility index (Phi) is 7.08. The molecular weight excluding hydrogens is 305 g/mol. The van der Waals surface area contributed by atoms with Crippen LogP contribution in [0.15, 0.2) is 0 Å². The van der Waals surface area contributed by atoms with Gasteiger partial charge in [-0.05, 0) is 12.8 Å². The van der Waals surface area contributed by atoms with E-state index in [1.165, 1.54) is 19.1 Å². The van der Waals surface area contributed by atoms with Crippen LogP contribution in [0.2, 0.25) is 0 Å². The molecule has 1 saturated heterocycles. The molecule has 1 unspecified atom stereocenters. The van der Waals surface area contributed by atoms with E-state index in [0.717, 1.165) is 0 Å². The molecule has 1 heterocycles. The minimum atomic E-state index is -4.97. The van der Waals surface area contributed by atoms with Crippen molar-refractivity contribution in [2.45, 2.75) is 25.1 Å². The second-order valence-electron chi connectivity index (χ2n) is 4.97. The molecule has 1 fully saturated rings. The zero-order chi connectivity index (χ0) is 16.8. The molecule has 2 amide bonds. The van der Waals surface area contributed by atoms with Crippen LogP contribution in [0.4, 0.5) is 13.2 Å². The van der Waals surface area contributed by atoms with Crippen LogP contribution in [0, 0.1) is 0 Å². The number of hydrogen-bond donors (Lipinski definition) is 0. The van der Waals surface area contributed by atoms with Crippen LogP contribution >= 0.6 is 0 Å². The fourth-order valence-electron chi connectivity index (χ4n) is 2.38. The molecule has 0 saturated carbocycles. The molecule has 22 heavy (non-hydrogen) atoms. The van der Waals surface area contributed by atoms with Gasteiger partial charge >= 0.3 is 12.1 Å². The summed E-state index contributed by atoms with van der Waals surface area (Å²) in [6.45, 7) is 0.939. The Morgan fingerprint density at radius 3 is 2.18 bits per heavy atom. The zero-order valence-electron chi connectivity index (χ0n) is 12.7. The molecule has 128 valence electrons. The van der Waals surface area contributed by atoms with Gasteiger partial charge in [-0.25, -0.2) is 0 Å². The van der Waals surface area contributed by atoms with Gasteiger partial charge in [0.25, 0.3) is 0 Å². The second-order valence-corrected chi connectivity index (χ2v) is 4.97. The van der Waals surface area contributed by atoms with Crippen LogP contribution in [0.1, 0.15) is 12.8 Å². The van der Waals surface area contributed by atoms with Gasteiger partial charge in [0.15, 0.2) is 0 Å². The lowest BCUT2D eigenvalue weighted by Crippen LogP contribution is -2.52. The highest BCUT2D eigenvalue weighted by atomic mass is 19.4. The van der Waals surface area contributed by atoms with Crippen LogP contribution < -0.4 is 0 Å². The number of rotatable bonds is 7. The average molecular weight is 326 g/mol. The van der Waals surface area contributed by atoms with Gasteiger partial charge < -0.3 is 19.3 Å². The maximum Gasteiger partial charge on any atom is 0.471 e. The van der Waals surface area contributed by atoms with Gasteiger partial charge in [-0.1, -0.05) is 0 Å². The first-order chi connectivity index (χ1) is 10.3. The van der Waals surface area contributed by atoms with Crippen molar-refractivity contribution in [1.82, 2.24) is 9.80 Å².